The lowest BCUT2D eigenvalue weighted by Crippen LogP contribution is -2.44. The van der Waals surface area contributed by atoms with Crippen LogP contribution in [0.2, 0.25) is 130 Å². The highest BCUT2D eigenvalue weighted by molar-refractivity contribution is 6.97. The Kier molecular flexibility index (Phi) is 34.4. The molecule has 0 aliphatic heterocycles. The molecule has 0 saturated heterocycles. The van der Waals surface area contributed by atoms with Crippen molar-refractivity contribution in [3.63, 3.8) is 0 Å². The Morgan fingerprint density at radius 1 is 0.477 bits per heavy atom. The molecule has 0 N–H and O–H groups in total. The van der Waals surface area contributed by atoms with Gasteiger partial charge in [0.25, 0.3) is 6.08 Å². The molecular formula is C87H134F6O7Si9. The molecule has 12 rings (SSSR count). The van der Waals surface area contributed by atoms with Gasteiger partial charge in [0.15, 0.2) is 33.0 Å². The normalized spacial score (nSPS) is 18.4. The standard InChI is InChI=1S/2C24H30OSi2.C12H22O3Si.C9H18OSi.C8H16OSi.2C5H9F3Si/c1-18(22-11-8-21-10-13-24(21)17-22)27(4,5)25-26(2,3)15-14-19-6-7-20-9-12-23(20)16-19;1-26(2,15-13-19-5-7-21-9-11-23(21)17-19)25-27(3,4)16-14-20-6-8-22-10-12-24(22)18-20;1-13-16(14-2,15-3)7-6-12-9-10-4-5-11(12)8-10;1-11(2,3)10-9-7-5-4-6-8-9;1-10(2,3)9-8-6-4-5-7-8;1-9(2,3)5(8)4(6)7;1-4-9(2,3)5(6,7)8/h6-8,11,14-17H,1,9-10,12-13H2,2-5H3;5-8,13-18H,9-12H2,1-4H3;4-5,10-12H,6-9H2,1-3H3;7H,4-6,8H2,1-3H3;6H,4-5,7H2,1-3H3;1-3H3;4H,1H2,2-3H3/b15-14+;;;;;;. The van der Waals surface area contributed by atoms with Crippen molar-refractivity contribution < 1.29 is 56.7 Å². The third kappa shape index (κ3) is 30.6. The van der Waals surface area contributed by atoms with Gasteiger partial charge >= 0.3 is 14.6 Å². The second-order valence-electron chi connectivity index (χ2n) is 36.1. The molecule has 0 radical (unpaired) electrons. The average Bonchev–Trinajstić information content (AvgIpc) is 1.06. The summed E-state index contributed by atoms with van der Waals surface area (Å²) in [5.74, 6) is 0.951. The van der Waals surface area contributed by atoms with Crippen molar-refractivity contribution in [2.45, 2.75) is 252 Å². The van der Waals surface area contributed by atoms with Crippen LogP contribution in [0.15, 0.2) is 156 Å². The molecule has 7 nitrogen and oxygen atoms in total. The largest absolute Gasteiger partial charge is 0.548 e. The van der Waals surface area contributed by atoms with Crippen LogP contribution in [0.5, 0.6) is 0 Å². The molecule has 2 bridgehead atoms. The third-order valence-corrected chi connectivity index (χ3v) is 42.6. The van der Waals surface area contributed by atoms with E-state index in [1.54, 1.807) is 21.3 Å². The SMILES string of the molecule is C=C(c1ccc2c(c1)CC2)[Si](C)(C)O[Si](C)(C)/C=C/c1ccc2c(c1)CC2.C=C[Si](C)(C)C(F)(F)F.CO[Si](CCC1CC2C=CC1C2)(OC)OC.C[Si](C)(C)C(F)=C(F)F.C[Si](C)(C)OC1=CCCC1.C[Si](C)(C)OC1=CCCCC1.C[Si](C)(C=Cc1ccc2c(c1)CC2)O[Si](C)(C)C=Cc1ccc2c(c1)CC2. The van der Waals surface area contributed by atoms with Crippen molar-refractivity contribution in [1.82, 2.24) is 0 Å². The number of rotatable bonds is 24. The molecule has 3 unspecified atom stereocenters. The Balaban J connectivity index is 0.000000210. The maximum Gasteiger partial charge on any atom is 0.500 e. The highest BCUT2D eigenvalue weighted by Gasteiger charge is 2.47. The molecule has 0 spiro atoms. The van der Waals surface area contributed by atoms with Crippen LogP contribution in [0, 0.1) is 17.8 Å². The fourth-order valence-corrected chi connectivity index (χ4v) is 33.2. The summed E-state index contributed by atoms with van der Waals surface area (Å²) in [5, 5.41) is 1.22. The molecular weight excluding hydrogens is 1520 g/mol. The van der Waals surface area contributed by atoms with Gasteiger partial charge in [-0.05, 0) is 296 Å². The van der Waals surface area contributed by atoms with Crippen molar-refractivity contribution >= 4 is 98.3 Å². The maximum atomic E-state index is 12.2. The quantitative estimate of drug-likeness (QED) is 0.0393. The van der Waals surface area contributed by atoms with Gasteiger partial charge in [0, 0.05) is 40.2 Å². The van der Waals surface area contributed by atoms with Crippen molar-refractivity contribution in [2.75, 3.05) is 21.3 Å². The maximum absolute atomic E-state index is 12.2. The Labute approximate surface area is 664 Å². The van der Waals surface area contributed by atoms with Gasteiger partial charge in [-0.25, -0.2) is 4.39 Å². The lowest BCUT2D eigenvalue weighted by molar-refractivity contribution is -0.0542. The number of aryl methyl sites for hydroxylation is 8. The smallest absolute Gasteiger partial charge is 0.500 e. The monoisotopic (exact) mass is 1660 g/mol. The van der Waals surface area contributed by atoms with Crippen molar-refractivity contribution in [2.24, 2.45) is 17.8 Å². The van der Waals surface area contributed by atoms with Gasteiger partial charge in [0.1, 0.15) is 13.5 Å². The van der Waals surface area contributed by atoms with Gasteiger partial charge in [-0.2, -0.15) is 22.0 Å². The van der Waals surface area contributed by atoms with E-state index in [-0.39, 0.29) is 0 Å². The van der Waals surface area contributed by atoms with E-state index in [1.807, 2.05) is 0 Å². The molecule has 0 amide bonds. The summed E-state index contributed by atoms with van der Waals surface area (Å²) in [4.78, 5) is 0. The lowest BCUT2D eigenvalue weighted by atomic mass is 9.87. The van der Waals surface area contributed by atoms with E-state index in [1.165, 1.54) is 232 Å². The van der Waals surface area contributed by atoms with Crippen LogP contribution >= 0.6 is 0 Å². The Morgan fingerprint density at radius 3 is 1.16 bits per heavy atom. The average molecular weight is 1660 g/mol. The molecule has 22 heteroatoms. The summed E-state index contributed by atoms with van der Waals surface area (Å²) in [6.07, 6.45) is 36.5. The summed E-state index contributed by atoms with van der Waals surface area (Å²) in [5.41, 5.74) is 24.2. The number of allylic oxidation sites excluding steroid dienone is 6. The highest BCUT2D eigenvalue weighted by Crippen LogP contribution is 2.46. The van der Waals surface area contributed by atoms with Crippen molar-refractivity contribution in [3.8, 4) is 0 Å². The molecule has 1 saturated carbocycles. The van der Waals surface area contributed by atoms with E-state index in [4.69, 9.17) is 30.4 Å². The number of benzene rings is 4. The van der Waals surface area contributed by atoms with Gasteiger partial charge in [0.05, 0.1) is 11.5 Å². The molecule has 8 aliphatic rings. The summed E-state index contributed by atoms with van der Waals surface area (Å²) in [7, 11) is -13.0. The third-order valence-electron chi connectivity index (χ3n) is 21.1. The number of hydrogen-bond donors (Lipinski definition) is 0. The van der Waals surface area contributed by atoms with Gasteiger partial charge in [0.2, 0.25) is 25.0 Å². The van der Waals surface area contributed by atoms with E-state index in [9.17, 15) is 26.3 Å². The Bertz CT molecular complexity index is 3830. The van der Waals surface area contributed by atoms with Gasteiger partial charge in [-0.3, -0.25) is 0 Å². The number of hydrogen-bond acceptors (Lipinski definition) is 7. The lowest BCUT2D eigenvalue weighted by Gasteiger charge is -2.34. The first-order valence-corrected chi connectivity index (χ1v) is 66.9. The van der Waals surface area contributed by atoms with Crippen LogP contribution < -0.4 is 0 Å². The van der Waals surface area contributed by atoms with Crippen LogP contribution in [0.3, 0.4) is 0 Å². The van der Waals surface area contributed by atoms with Crippen LogP contribution in [0.4, 0.5) is 26.3 Å². The number of alkyl halides is 3. The molecule has 4 aromatic carbocycles. The summed E-state index contributed by atoms with van der Waals surface area (Å²) >= 11 is 0. The van der Waals surface area contributed by atoms with E-state index < -0.39 is 92.2 Å². The van der Waals surface area contributed by atoms with E-state index in [0.29, 0.717) is 0 Å². The van der Waals surface area contributed by atoms with E-state index in [0.717, 1.165) is 29.5 Å². The Hall–Kier alpha value is -4.53. The van der Waals surface area contributed by atoms with Crippen LogP contribution in [0.1, 0.15) is 131 Å². The zero-order chi connectivity index (χ0) is 81.2. The molecule has 4 aromatic rings. The second kappa shape index (κ2) is 40.2. The topological polar surface area (TPSA) is 64.6 Å². The fraction of sp³-hybridized carbons (Fsp3) is 0.517. The van der Waals surface area contributed by atoms with Crippen LogP contribution in [-0.2, 0) is 81.7 Å². The summed E-state index contributed by atoms with van der Waals surface area (Å²) in [6, 6.07) is 28.4. The Morgan fingerprint density at radius 2 is 0.872 bits per heavy atom. The molecule has 1 fully saturated rings. The first-order chi connectivity index (χ1) is 50.6. The number of fused-ring (bicyclic) bond motifs is 6. The highest BCUT2D eigenvalue weighted by atomic mass is 28.4. The van der Waals surface area contributed by atoms with E-state index >= 15 is 0 Å². The molecule has 602 valence electrons. The predicted molar refractivity (Wildman–Crippen MR) is 473 cm³/mol. The first kappa shape index (κ1) is 93.3. The minimum absolute atomic E-state index is 0.808. The molecule has 0 aromatic heterocycles. The van der Waals surface area contributed by atoms with Crippen molar-refractivity contribution in [1.29, 1.82) is 0 Å². The predicted octanol–water partition coefficient (Wildman–Crippen LogP) is 26.4. The van der Waals surface area contributed by atoms with E-state index in [2.05, 4.69) is 237 Å². The number of halogens is 6. The van der Waals surface area contributed by atoms with Gasteiger partial charge < -0.3 is 30.4 Å². The molecule has 8 aliphatic carbocycles. The minimum atomic E-state index is -4.03. The second-order valence-corrected chi connectivity index (χ2v) is 73.3. The molecule has 3 atom stereocenters. The van der Waals surface area contributed by atoms with Crippen LogP contribution in [0.25, 0.3) is 23.4 Å². The minimum Gasteiger partial charge on any atom is -0.548 e. The van der Waals surface area contributed by atoms with Gasteiger partial charge in [-0.1, -0.05) is 165 Å². The first-order valence-electron chi connectivity index (χ1n) is 39.7. The molecule has 0 heterocycles. The van der Waals surface area contributed by atoms with Crippen LogP contribution in [-0.4, -0.2) is 102 Å². The zero-order valence-electron chi connectivity index (χ0n) is 70.5. The summed E-state index contributed by atoms with van der Waals surface area (Å²) < 4.78 is 112. The fourth-order valence-electron chi connectivity index (χ4n) is 14.0. The zero-order valence-corrected chi connectivity index (χ0v) is 79.5. The van der Waals surface area contributed by atoms with Crippen molar-refractivity contribution in [3.05, 3.63) is 223 Å². The molecule has 109 heavy (non-hydrogen) atoms. The summed E-state index contributed by atoms with van der Waals surface area (Å²) in [6.45, 7) is 46.4. The van der Waals surface area contributed by atoms with Gasteiger partial charge in [-0.15, -0.1) is 6.58 Å².